The van der Waals surface area contributed by atoms with Gasteiger partial charge in [0.1, 0.15) is 0 Å². The van der Waals surface area contributed by atoms with Crippen LogP contribution in [0.2, 0.25) is 0 Å². The number of hydrogen-bond acceptors (Lipinski definition) is 1. The van der Waals surface area contributed by atoms with Gasteiger partial charge in [-0.2, -0.15) is 0 Å². The van der Waals surface area contributed by atoms with Crippen LogP contribution in [0.1, 0.15) is 49.3 Å². The summed E-state index contributed by atoms with van der Waals surface area (Å²) in [6, 6.07) is 6.66. The minimum Gasteiger partial charge on any atom is -0.311 e. The van der Waals surface area contributed by atoms with Gasteiger partial charge in [-0.3, -0.25) is 0 Å². The monoisotopic (exact) mass is 231 g/mol. The fourth-order valence-electron chi connectivity index (χ4n) is 3.27. The Labute approximate surface area is 106 Å². The molecule has 1 unspecified atom stereocenters. The molecule has 1 atom stereocenters. The smallest absolute Gasteiger partial charge is 0.0222 e. The molecular formula is C16H25N. The summed E-state index contributed by atoms with van der Waals surface area (Å²) in [5, 5.41) is 3.77. The largest absolute Gasteiger partial charge is 0.311 e. The van der Waals surface area contributed by atoms with Crippen LogP contribution < -0.4 is 5.32 Å². The summed E-state index contributed by atoms with van der Waals surface area (Å²) in [6.45, 7) is 7.99. The van der Waals surface area contributed by atoms with Crippen LogP contribution in [0.15, 0.2) is 18.2 Å². The molecule has 0 aliphatic carbocycles. The number of nitrogens with one attached hydrogen (secondary N) is 1. The van der Waals surface area contributed by atoms with E-state index in [4.69, 9.17) is 0 Å². The van der Waals surface area contributed by atoms with E-state index in [2.05, 4.69) is 44.3 Å². The van der Waals surface area contributed by atoms with Gasteiger partial charge in [-0.15, -0.1) is 0 Å². The molecule has 1 aliphatic rings. The molecule has 1 fully saturated rings. The number of benzene rings is 1. The fraction of sp³-hybridized carbons (Fsp3) is 0.625. The van der Waals surface area contributed by atoms with Crippen molar-refractivity contribution in [3.05, 3.63) is 34.9 Å². The van der Waals surface area contributed by atoms with E-state index in [0.29, 0.717) is 5.54 Å². The minimum atomic E-state index is 0.381. The van der Waals surface area contributed by atoms with Crippen molar-refractivity contribution in [2.24, 2.45) is 0 Å². The number of hydrogen-bond donors (Lipinski definition) is 1. The third-order valence-electron chi connectivity index (χ3n) is 4.22. The van der Waals surface area contributed by atoms with E-state index < -0.39 is 0 Å². The predicted molar refractivity (Wildman–Crippen MR) is 74.5 cm³/mol. The molecule has 1 heteroatoms. The maximum atomic E-state index is 3.77. The molecule has 0 spiro atoms. The average Bonchev–Trinajstić information content (AvgIpc) is 2.73. The SMILES string of the molecule is CCCC1(Cc2c(C)cccc2C)CCCN1. The lowest BCUT2D eigenvalue weighted by molar-refractivity contribution is 0.341. The molecule has 1 N–H and O–H groups in total. The van der Waals surface area contributed by atoms with Gasteiger partial charge >= 0.3 is 0 Å². The Morgan fingerprint density at radius 2 is 1.94 bits per heavy atom. The second-order valence-electron chi connectivity index (χ2n) is 5.61. The lowest BCUT2D eigenvalue weighted by atomic mass is 9.82. The van der Waals surface area contributed by atoms with Crippen LogP contribution >= 0.6 is 0 Å². The molecule has 1 aromatic carbocycles. The van der Waals surface area contributed by atoms with Crippen LogP contribution in [0.3, 0.4) is 0 Å². The van der Waals surface area contributed by atoms with E-state index in [9.17, 15) is 0 Å². The molecule has 0 aromatic heterocycles. The van der Waals surface area contributed by atoms with Gasteiger partial charge in [0.05, 0.1) is 0 Å². The quantitative estimate of drug-likeness (QED) is 0.832. The van der Waals surface area contributed by atoms with Gasteiger partial charge < -0.3 is 5.32 Å². The number of rotatable bonds is 4. The first kappa shape index (κ1) is 12.6. The van der Waals surface area contributed by atoms with Crippen molar-refractivity contribution in [3.63, 3.8) is 0 Å². The van der Waals surface area contributed by atoms with Crippen LogP contribution in [-0.4, -0.2) is 12.1 Å². The number of aryl methyl sites for hydroxylation is 2. The lowest BCUT2D eigenvalue weighted by Crippen LogP contribution is -2.42. The van der Waals surface area contributed by atoms with Gasteiger partial charge in [0.25, 0.3) is 0 Å². The predicted octanol–water partition coefficient (Wildman–Crippen LogP) is 3.77. The molecule has 1 saturated heterocycles. The van der Waals surface area contributed by atoms with E-state index in [1.165, 1.54) is 49.8 Å². The van der Waals surface area contributed by atoms with Crippen molar-refractivity contribution in [1.82, 2.24) is 5.32 Å². The molecular weight excluding hydrogens is 206 g/mol. The molecule has 1 nitrogen and oxygen atoms in total. The van der Waals surface area contributed by atoms with Gasteiger partial charge in [-0.25, -0.2) is 0 Å². The topological polar surface area (TPSA) is 12.0 Å². The first-order chi connectivity index (χ1) is 8.17. The van der Waals surface area contributed by atoms with E-state index in [0.717, 1.165) is 0 Å². The maximum absolute atomic E-state index is 3.77. The zero-order chi connectivity index (χ0) is 12.3. The van der Waals surface area contributed by atoms with E-state index >= 15 is 0 Å². The maximum Gasteiger partial charge on any atom is 0.0222 e. The van der Waals surface area contributed by atoms with Crippen molar-refractivity contribution < 1.29 is 0 Å². The highest BCUT2D eigenvalue weighted by Gasteiger charge is 2.33. The van der Waals surface area contributed by atoms with Gasteiger partial charge in [0, 0.05) is 5.54 Å². The summed E-state index contributed by atoms with van der Waals surface area (Å²) in [5.41, 5.74) is 4.85. The second-order valence-corrected chi connectivity index (χ2v) is 5.61. The Bertz CT molecular complexity index is 355. The highest BCUT2D eigenvalue weighted by atomic mass is 15.0. The highest BCUT2D eigenvalue weighted by molar-refractivity contribution is 5.35. The van der Waals surface area contributed by atoms with Crippen molar-refractivity contribution in [3.8, 4) is 0 Å². The zero-order valence-corrected chi connectivity index (χ0v) is 11.5. The normalized spacial score (nSPS) is 24.2. The first-order valence-corrected chi connectivity index (χ1v) is 6.97. The third-order valence-corrected chi connectivity index (χ3v) is 4.22. The fourth-order valence-corrected chi connectivity index (χ4v) is 3.27. The van der Waals surface area contributed by atoms with E-state index in [-0.39, 0.29) is 0 Å². The Hall–Kier alpha value is -0.820. The van der Waals surface area contributed by atoms with Crippen molar-refractivity contribution >= 4 is 0 Å². The van der Waals surface area contributed by atoms with Gasteiger partial charge in [-0.05, 0) is 62.8 Å². The van der Waals surface area contributed by atoms with Crippen molar-refractivity contribution in [2.75, 3.05) is 6.54 Å². The molecule has 1 aliphatic heterocycles. The molecule has 1 aromatic rings. The average molecular weight is 231 g/mol. The summed E-state index contributed by atoms with van der Waals surface area (Å²) in [6.07, 6.45) is 6.47. The molecule has 0 bridgehead atoms. The van der Waals surface area contributed by atoms with E-state index in [1.807, 2.05) is 0 Å². The molecule has 17 heavy (non-hydrogen) atoms. The Morgan fingerprint density at radius 3 is 2.47 bits per heavy atom. The Balaban J connectivity index is 2.23. The standard InChI is InChI=1S/C16H25N/c1-4-9-16(10-6-11-17-16)12-15-13(2)7-5-8-14(15)3/h5,7-8,17H,4,6,9-12H2,1-3H3. The summed E-state index contributed by atoms with van der Waals surface area (Å²) in [7, 11) is 0. The Kier molecular flexibility index (Phi) is 3.88. The summed E-state index contributed by atoms with van der Waals surface area (Å²) in [4.78, 5) is 0. The van der Waals surface area contributed by atoms with Crippen LogP contribution in [0.5, 0.6) is 0 Å². The second kappa shape index (κ2) is 5.22. The molecule has 1 heterocycles. The molecule has 0 saturated carbocycles. The third kappa shape index (κ3) is 2.71. The molecule has 2 rings (SSSR count). The van der Waals surface area contributed by atoms with Crippen molar-refractivity contribution in [1.29, 1.82) is 0 Å². The van der Waals surface area contributed by atoms with Gasteiger partial charge in [0.15, 0.2) is 0 Å². The first-order valence-electron chi connectivity index (χ1n) is 6.97. The molecule has 0 amide bonds. The Morgan fingerprint density at radius 1 is 1.24 bits per heavy atom. The summed E-state index contributed by atoms with van der Waals surface area (Å²) in [5.74, 6) is 0. The van der Waals surface area contributed by atoms with Crippen LogP contribution in [0.4, 0.5) is 0 Å². The molecule has 0 radical (unpaired) electrons. The van der Waals surface area contributed by atoms with Crippen molar-refractivity contribution in [2.45, 2.75) is 58.4 Å². The highest BCUT2D eigenvalue weighted by Crippen LogP contribution is 2.30. The lowest BCUT2D eigenvalue weighted by Gasteiger charge is -2.31. The summed E-state index contributed by atoms with van der Waals surface area (Å²) >= 11 is 0. The zero-order valence-electron chi connectivity index (χ0n) is 11.5. The molecule has 94 valence electrons. The van der Waals surface area contributed by atoms with Crippen LogP contribution in [0.25, 0.3) is 0 Å². The summed E-state index contributed by atoms with van der Waals surface area (Å²) < 4.78 is 0. The minimum absolute atomic E-state index is 0.381. The van der Waals surface area contributed by atoms with E-state index in [1.54, 1.807) is 5.56 Å². The van der Waals surface area contributed by atoms with Gasteiger partial charge in [0.2, 0.25) is 0 Å². The van der Waals surface area contributed by atoms with Crippen LogP contribution in [-0.2, 0) is 6.42 Å². The van der Waals surface area contributed by atoms with Gasteiger partial charge in [-0.1, -0.05) is 31.5 Å². The van der Waals surface area contributed by atoms with Crippen LogP contribution in [0, 0.1) is 13.8 Å².